The average Bonchev–Trinajstić information content (AvgIpc) is 3.37. The van der Waals surface area contributed by atoms with Crippen molar-refractivity contribution >= 4 is 17.9 Å². The summed E-state index contributed by atoms with van der Waals surface area (Å²) in [5.41, 5.74) is 0. The highest BCUT2D eigenvalue weighted by Gasteiger charge is 2.25. The highest BCUT2D eigenvalue weighted by molar-refractivity contribution is 5.71. The van der Waals surface area contributed by atoms with Gasteiger partial charge in [0.15, 0.2) is 6.10 Å². The first-order valence-electron chi connectivity index (χ1n) is 32.7. The molecular formula is C65H128NO8+. The molecule has 74 heavy (non-hydrogen) atoms. The predicted molar refractivity (Wildman–Crippen MR) is 314 cm³/mol. The monoisotopic (exact) mass is 1050 g/mol. The molecule has 0 aromatic heterocycles. The summed E-state index contributed by atoms with van der Waals surface area (Å²) >= 11 is 0. The summed E-state index contributed by atoms with van der Waals surface area (Å²) in [6.07, 6.45) is 63.8. The lowest BCUT2D eigenvalue weighted by molar-refractivity contribution is -0.870. The van der Waals surface area contributed by atoms with Crippen LogP contribution >= 0.6 is 0 Å². The molecule has 440 valence electrons. The van der Waals surface area contributed by atoms with Gasteiger partial charge in [0.05, 0.1) is 34.4 Å². The third-order valence-corrected chi connectivity index (χ3v) is 15.1. The van der Waals surface area contributed by atoms with Crippen LogP contribution in [0, 0.1) is 0 Å². The van der Waals surface area contributed by atoms with E-state index in [0.717, 1.165) is 38.5 Å². The van der Waals surface area contributed by atoms with Crippen LogP contribution in [-0.4, -0.2) is 87.4 Å². The van der Waals surface area contributed by atoms with Gasteiger partial charge in [0.2, 0.25) is 0 Å². The third-order valence-electron chi connectivity index (χ3n) is 15.1. The van der Waals surface area contributed by atoms with Crippen LogP contribution in [0.1, 0.15) is 341 Å². The SMILES string of the molecule is CCCCCCCCCCCCCCCCCCCCCCCCCCCCCCCCCCCCCCCC(=O)OC(COC(=O)CCCCCCCCCCCCCC)COC(OCC[N+](C)(C)C)C(=O)O. The predicted octanol–water partition coefficient (Wildman–Crippen LogP) is 19.5. The molecular weight excluding hydrogens is 923 g/mol. The minimum Gasteiger partial charge on any atom is -0.477 e. The van der Waals surface area contributed by atoms with Crippen LogP contribution in [0.25, 0.3) is 0 Å². The molecule has 0 amide bonds. The van der Waals surface area contributed by atoms with Crippen LogP contribution < -0.4 is 0 Å². The molecule has 0 saturated carbocycles. The van der Waals surface area contributed by atoms with E-state index in [-0.39, 0.29) is 38.2 Å². The minimum absolute atomic E-state index is 0.173. The zero-order chi connectivity index (χ0) is 54.1. The fourth-order valence-electron chi connectivity index (χ4n) is 10.1. The van der Waals surface area contributed by atoms with E-state index in [0.29, 0.717) is 17.4 Å². The van der Waals surface area contributed by atoms with Gasteiger partial charge in [0, 0.05) is 12.8 Å². The Morgan fingerprint density at radius 2 is 0.608 bits per heavy atom. The molecule has 0 heterocycles. The van der Waals surface area contributed by atoms with Crippen LogP contribution in [-0.2, 0) is 33.3 Å². The van der Waals surface area contributed by atoms with E-state index in [1.165, 1.54) is 276 Å². The van der Waals surface area contributed by atoms with Gasteiger partial charge in [-0.25, -0.2) is 4.79 Å². The van der Waals surface area contributed by atoms with Crippen molar-refractivity contribution in [1.29, 1.82) is 0 Å². The summed E-state index contributed by atoms with van der Waals surface area (Å²) < 4.78 is 22.9. The maximum atomic E-state index is 12.9. The summed E-state index contributed by atoms with van der Waals surface area (Å²) in [4.78, 5) is 37.4. The van der Waals surface area contributed by atoms with E-state index in [1.54, 1.807) is 0 Å². The molecule has 0 aliphatic carbocycles. The fourth-order valence-corrected chi connectivity index (χ4v) is 10.1. The Kier molecular flexibility index (Phi) is 56.1. The van der Waals surface area contributed by atoms with E-state index in [9.17, 15) is 19.5 Å². The number of ether oxygens (including phenoxy) is 4. The van der Waals surface area contributed by atoms with Crippen molar-refractivity contribution in [2.24, 2.45) is 0 Å². The Labute approximate surface area is 460 Å². The number of aliphatic carboxylic acids is 1. The molecule has 0 spiro atoms. The van der Waals surface area contributed by atoms with Gasteiger partial charge in [-0.15, -0.1) is 0 Å². The van der Waals surface area contributed by atoms with Gasteiger partial charge in [-0.1, -0.05) is 316 Å². The first-order chi connectivity index (χ1) is 36.1. The van der Waals surface area contributed by atoms with Crippen molar-refractivity contribution in [3.05, 3.63) is 0 Å². The highest BCUT2D eigenvalue weighted by Crippen LogP contribution is 2.19. The standard InChI is InChI=1S/C65H127NO8/c1-6-8-10-12-14-16-18-20-21-22-23-24-25-26-27-28-29-30-31-32-33-34-35-36-37-38-39-40-41-42-43-44-46-48-50-52-54-56-63(68)74-61(60-73-65(64(69)70)71-58-57-66(3,4)5)59-72-62(67)55-53-51-49-47-45-19-17-15-13-11-9-7-2/h61,65H,6-60H2,1-5H3/p+1. The van der Waals surface area contributed by atoms with Gasteiger partial charge in [-0.3, -0.25) is 9.59 Å². The number of nitrogens with zero attached hydrogens (tertiary/aromatic N) is 1. The van der Waals surface area contributed by atoms with Crippen molar-refractivity contribution in [3.63, 3.8) is 0 Å². The van der Waals surface area contributed by atoms with Crippen LogP contribution in [0.2, 0.25) is 0 Å². The summed E-state index contributed by atoms with van der Waals surface area (Å²) in [6.45, 7) is 4.94. The van der Waals surface area contributed by atoms with Gasteiger partial charge in [0.25, 0.3) is 6.29 Å². The van der Waals surface area contributed by atoms with Crippen LogP contribution in [0.3, 0.4) is 0 Å². The number of carbonyl (C=O) groups is 3. The summed E-state index contributed by atoms with van der Waals surface area (Å²) in [5.74, 6) is -1.98. The molecule has 0 rings (SSSR count). The van der Waals surface area contributed by atoms with Gasteiger partial charge < -0.3 is 28.5 Å². The Morgan fingerprint density at radius 3 is 0.865 bits per heavy atom. The number of carboxylic acid groups (broad SMARTS) is 1. The van der Waals surface area contributed by atoms with Crippen molar-refractivity contribution in [3.8, 4) is 0 Å². The molecule has 0 aromatic rings. The number of likely N-dealkylation sites (N-methyl/N-ethyl adjacent to an activating group) is 1. The second kappa shape index (κ2) is 57.5. The van der Waals surface area contributed by atoms with Gasteiger partial charge in [-0.2, -0.15) is 0 Å². The minimum atomic E-state index is -1.50. The van der Waals surface area contributed by atoms with Crippen LogP contribution in [0.5, 0.6) is 0 Å². The average molecular weight is 1050 g/mol. The Balaban J connectivity index is 3.89. The largest absolute Gasteiger partial charge is 0.477 e. The number of quaternary nitrogens is 1. The lowest BCUT2D eigenvalue weighted by atomic mass is 10.0. The Bertz CT molecular complexity index is 1180. The van der Waals surface area contributed by atoms with E-state index < -0.39 is 18.4 Å². The second-order valence-corrected chi connectivity index (χ2v) is 23.8. The lowest BCUT2D eigenvalue weighted by Crippen LogP contribution is -2.40. The van der Waals surface area contributed by atoms with Gasteiger partial charge >= 0.3 is 17.9 Å². The smallest absolute Gasteiger partial charge is 0.361 e. The number of unbranched alkanes of at least 4 members (excludes halogenated alkanes) is 47. The molecule has 0 aliphatic heterocycles. The summed E-state index contributed by atoms with van der Waals surface area (Å²) in [5, 5.41) is 9.69. The number of carboxylic acids is 1. The molecule has 0 aliphatic rings. The molecule has 0 saturated heterocycles. The zero-order valence-electron chi connectivity index (χ0n) is 50.3. The number of hydrogen-bond acceptors (Lipinski definition) is 7. The summed E-state index contributed by atoms with van der Waals surface area (Å²) in [7, 11) is 5.98. The quantitative estimate of drug-likeness (QED) is 0.0278. The number of rotatable bonds is 62. The van der Waals surface area contributed by atoms with Crippen molar-refractivity contribution < 1.29 is 42.9 Å². The lowest BCUT2D eigenvalue weighted by Gasteiger charge is -2.25. The molecule has 9 heteroatoms. The molecule has 0 bridgehead atoms. The number of esters is 2. The zero-order valence-corrected chi connectivity index (χ0v) is 50.3. The first kappa shape index (κ1) is 72.3. The van der Waals surface area contributed by atoms with E-state index in [2.05, 4.69) is 13.8 Å². The van der Waals surface area contributed by atoms with Gasteiger partial charge in [0.1, 0.15) is 13.2 Å². The maximum Gasteiger partial charge on any atom is 0.361 e. The van der Waals surface area contributed by atoms with Gasteiger partial charge in [-0.05, 0) is 12.8 Å². The molecule has 0 fully saturated rings. The van der Waals surface area contributed by atoms with E-state index in [1.807, 2.05) is 21.1 Å². The molecule has 2 unspecified atom stereocenters. The third kappa shape index (κ3) is 58.0. The van der Waals surface area contributed by atoms with Crippen molar-refractivity contribution in [2.75, 3.05) is 47.5 Å². The molecule has 9 nitrogen and oxygen atoms in total. The van der Waals surface area contributed by atoms with Crippen molar-refractivity contribution in [2.45, 2.75) is 354 Å². The Hall–Kier alpha value is -1.71. The number of carbonyl (C=O) groups excluding carboxylic acids is 2. The second-order valence-electron chi connectivity index (χ2n) is 23.8. The first-order valence-corrected chi connectivity index (χ1v) is 32.7. The highest BCUT2D eigenvalue weighted by atomic mass is 16.7. The maximum absolute atomic E-state index is 12.9. The Morgan fingerprint density at radius 1 is 0.351 bits per heavy atom. The van der Waals surface area contributed by atoms with E-state index in [4.69, 9.17) is 18.9 Å². The number of hydrogen-bond donors (Lipinski definition) is 1. The van der Waals surface area contributed by atoms with E-state index >= 15 is 0 Å². The molecule has 2 atom stereocenters. The topological polar surface area (TPSA) is 108 Å². The normalized spacial score (nSPS) is 12.6. The fraction of sp³-hybridized carbons (Fsp3) is 0.954. The van der Waals surface area contributed by atoms with Crippen LogP contribution in [0.4, 0.5) is 0 Å². The molecule has 0 aromatic carbocycles. The molecule has 0 radical (unpaired) electrons. The molecule has 1 N–H and O–H groups in total. The summed E-state index contributed by atoms with van der Waals surface area (Å²) in [6, 6.07) is 0. The van der Waals surface area contributed by atoms with Crippen molar-refractivity contribution in [1.82, 2.24) is 0 Å². The van der Waals surface area contributed by atoms with Crippen LogP contribution in [0.15, 0.2) is 0 Å².